The molecule has 0 bridgehead atoms. The van der Waals surface area contributed by atoms with Crippen LogP contribution in [-0.4, -0.2) is 28.0 Å². The summed E-state index contributed by atoms with van der Waals surface area (Å²) in [5, 5.41) is 16.2. The molecule has 1 rings (SSSR count). The van der Waals surface area contributed by atoms with Gasteiger partial charge in [-0.25, -0.2) is 0 Å². The Morgan fingerprint density at radius 2 is 2.20 bits per heavy atom. The van der Waals surface area contributed by atoms with E-state index >= 15 is 0 Å². The Labute approximate surface area is 91.3 Å². The van der Waals surface area contributed by atoms with Gasteiger partial charge >= 0.3 is 0 Å². The summed E-state index contributed by atoms with van der Waals surface area (Å²) in [4.78, 5) is 0. The number of rotatable bonds is 5. The molecule has 0 saturated carbocycles. The highest BCUT2D eigenvalue weighted by Crippen LogP contribution is 2.12. The van der Waals surface area contributed by atoms with Crippen LogP contribution in [0.3, 0.4) is 0 Å². The average Bonchev–Trinajstić information content (AvgIpc) is 2.60. The Morgan fingerprint density at radius 3 is 2.73 bits per heavy atom. The van der Waals surface area contributed by atoms with Crippen LogP contribution in [0.25, 0.3) is 0 Å². The first-order valence-electron chi connectivity index (χ1n) is 5.39. The number of nitrogens with zero attached hydrogens (tertiary/aromatic N) is 2. The molecule has 0 saturated heterocycles. The lowest BCUT2D eigenvalue weighted by Crippen LogP contribution is -2.22. The number of aliphatic hydroxyl groups is 1. The minimum Gasteiger partial charge on any atom is -0.396 e. The smallest absolute Gasteiger partial charge is 0.0543 e. The average molecular weight is 211 g/mol. The van der Waals surface area contributed by atoms with Crippen LogP contribution in [0.5, 0.6) is 0 Å². The second kappa shape index (κ2) is 5.28. The molecule has 0 aliphatic carbocycles. The first-order chi connectivity index (χ1) is 7.04. The van der Waals surface area contributed by atoms with Crippen molar-refractivity contribution in [2.24, 2.45) is 0 Å². The molecule has 4 nitrogen and oxygen atoms in total. The fourth-order valence-corrected chi connectivity index (χ4v) is 1.26. The molecule has 4 heteroatoms. The van der Waals surface area contributed by atoms with E-state index in [0.717, 1.165) is 19.5 Å². The van der Waals surface area contributed by atoms with Crippen LogP contribution >= 0.6 is 0 Å². The lowest BCUT2D eigenvalue weighted by molar-refractivity contribution is 0.286. The Morgan fingerprint density at radius 1 is 1.47 bits per heavy atom. The van der Waals surface area contributed by atoms with E-state index in [1.54, 1.807) is 0 Å². The Kier molecular flexibility index (Phi) is 4.29. The van der Waals surface area contributed by atoms with E-state index in [1.165, 1.54) is 5.56 Å². The third-order valence-corrected chi connectivity index (χ3v) is 2.16. The van der Waals surface area contributed by atoms with Gasteiger partial charge in [0, 0.05) is 24.9 Å². The van der Waals surface area contributed by atoms with E-state index in [2.05, 4.69) is 37.4 Å². The number of nitrogens with one attached hydrogen (secondary N) is 1. The predicted octanol–water partition coefficient (Wildman–Crippen LogP) is 1.11. The molecule has 1 aromatic rings. The number of hydrogen-bond donors (Lipinski definition) is 2. The van der Waals surface area contributed by atoms with Crippen LogP contribution in [0, 0.1) is 0 Å². The summed E-state index contributed by atoms with van der Waals surface area (Å²) in [6, 6.07) is 0. The predicted molar refractivity (Wildman–Crippen MR) is 60.6 cm³/mol. The van der Waals surface area contributed by atoms with E-state index in [-0.39, 0.29) is 12.1 Å². The van der Waals surface area contributed by atoms with Crippen molar-refractivity contribution in [2.75, 3.05) is 13.2 Å². The molecule has 0 spiro atoms. The molecule has 0 unspecified atom stereocenters. The SMILES string of the molecule is CC(C)(C)n1cc(CNCCCO)cn1. The zero-order chi connectivity index (χ0) is 11.3. The zero-order valence-electron chi connectivity index (χ0n) is 9.82. The van der Waals surface area contributed by atoms with Crippen LogP contribution in [0.15, 0.2) is 12.4 Å². The molecule has 86 valence electrons. The third kappa shape index (κ3) is 4.01. The van der Waals surface area contributed by atoms with Gasteiger partial charge in [-0.3, -0.25) is 4.68 Å². The minimum atomic E-state index is 0.0450. The maximum Gasteiger partial charge on any atom is 0.0543 e. The largest absolute Gasteiger partial charge is 0.396 e. The number of hydrogen-bond acceptors (Lipinski definition) is 3. The van der Waals surface area contributed by atoms with Crippen molar-refractivity contribution in [1.82, 2.24) is 15.1 Å². The van der Waals surface area contributed by atoms with Gasteiger partial charge in [0.1, 0.15) is 0 Å². The van der Waals surface area contributed by atoms with Crippen LogP contribution in [0.1, 0.15) is 32.8 Å². The molecule has 0 fully saturated rings. The first-order valence-corrected chi connectivity index (χ1v) is 5.39. The lowest BCUT2D eigenvalue weighted by atomic mass is 10.1. The van der Waals surface area contributed by atoms with Crippen molar-refractivity contribution in [3.63, 3.8) is 0 Å². The molecule has 2 N–H and O–H groups in total. The van der Waals surface area contributed by atoms with Gasteiger partial charge in [-0.1, -0.05) is 0 Å². The van der Waals surface area contributed by atoms with Crippen molar-refractivity contribution >= 4 is 0 Å². The molecule has 1 heterocycles. The lowest BCUT2D eigenvalue weighted by Gasteiger charge is -2.18. The fourth-order valence-electron chi connectivity index (χ4n) is 1.26. The minimum absolute atomic E-state index is 0.0450. The van der Waals surface area contributed by atoms with Gasteiger partial charge in [-0.2, -0.15) is 5.10 Å². The Hall–Kier alpha value is -0.870. The second-order valence-corrected chi connectivity index (χ2v) is 4.72. The molecule has 0 atom stereocenters. The molecule has 0 amide bonds. The molecule has 0 aliphatic rings. The monoisotopic (exact) mass is 211 g/mol. The summed E-state index contributed by atoms with van der Waals surface area (Å²) >= 11 is 0. The van der Waals surface area contributed by atoms with Gasteiger partial charge in [-0.05, 0) is 33.7 Å². The number of aromatic nitrogens is 2. The molecular formula is C11H21N3O. The van der Waals surface area contributed by atoms with E-state index in [1.807, 2.05) is 10.9 Å². The molecule has 0 aromatic carbocycles. The normalized spacial score (nSPS) is 12.0. The second-order valence-electron chi connectivity index (χ2n) is 4.72. The van der Waals surface area contributed by atoms with Crippen LogP contribution in [0.2, 0.25) is 0 Å². The van der Waals surface area contributed by atoms with Crippen LogP contribution < -0.4 is 5.32 Å². The standard InChI is InChI=1S/C11H21N3O/c1-11(2,3)14-9-10(8-13-14)7-12-5-4-6-15/h8-9,12,15H,4-7H2,1-3H3. The van der Waals surface area contributed by atoms with Gasteiger partial charge in [-0.15, -0.1) is 0 Å². The quantitative estimate of drug-likeness (QED) is 0.717. The van der Waals surface area contributed by atoms with Gasteiger partial charge < -0.3 is 10.4 Å². The summed E-state index contributed by atoms with van der Waals surface area (Å²) in [5.41, 5.74) is 1.23. The molecule has 1 aromatic heterocycles. The van der Waals surface area contributed by atoms with Crippen LogP contribution in [0.4, 0.5) is 0 Å². The zero-order valence-corrected chi connectivity index (χ0v) is 9.82. The van der Waals surface area contributed by atoms with Gasteiger partial charge in [0.15, 0.2) is 0 Å². The van der Waals surface area contributed by atoms with Gasteiger partial charge in [0.25, 0.3) is 0 Å². The van der Waals surface area contributed by atoms with E-state index in [9.17, 15) is 0 Å². The summed E-state index contributed by atoms with van der Waals surface area (Å²) in [6.45, 7) is 8.29. The fraction of sp³-hybridized carbons (Fsp3) is 0.727. The van der Waals surface area contributed by atoms with E-state index < -0.39 is 0 Å². The van der Waals surface area contributed by atoms with Crippen LogP contribution in [-0.2, 0) is 12.1 Å². The molecule has 0 aliphatic heterocycles. The Balaban J connectivity index is 2.40. The highest BCUT2D eigenvalue weighted by atomic mass is 16.3. The third-order valence-electron chi connectivity index (χ3n) is 2.16. The highest BCUT2D eigenvalue weighted by Gasteiger charge is 2.13. The van der Waals surface area contributed by atoms with Gasteiger partial charge in [0.05, 0.1) is 11.7 Å². The highest BCUT2D eigenvalue weighted by molar-refractivity contribution is 5.04. The molecular weight excluding hydrogens is 190 g/mol. The summed E-state index contributed by atoms with van der Waals surface area (Å²) in [5.74, 6) is 0. The van der Waals surface area contributed by atoms with Crippen molar-refractivity contribution in [1.29, 1.82) is 0 Å². The topological polar surface area (TPSA) is 50.1 Å². The molecule has 15 heavy (non-hydrogen) atoms. The first kappa shape index (κ1) is 12.2. The van der Waals surface area contributed by atoms with Crippen molar-refractivity contribution in [3.05, 3.63) is 18.0 Å². The maximum atomic E-state index is 8.62. The van der Waals surface area contributed by atoms with Crippen molar-refractivity contribution in [3.8, 4) is 0 Å². The van der Waals surface area contributed by atoms with Gasteiger partial charge in [0.2, 0.25) is 0 Å². The Bertz CT molecular complexity index is 288. The number of aliphatic hydroxyl groups excluding tert-OH is 1. The van der Waals surface area contributed by atoms with E-state index in [0.29, 0.717) is 0 Å². The molecule has 0 radical (unpaired) electrons. The van der Waals surface area contributed by atoms with E-state index in [4.69, 9.17) is 5.11 Å². The summed E-state index contributed by atoms with van der Waals surface area (Å²) in [7, 11) is 0. The summed E-state index contributed by atoms with van der Waals surface area (Å²) < 4.78 is 1.97. The van der Waals surface area contributed by atoms with Crippen molar-refractivity contribution in [2.45, 2.75) is 39.3 Å². The van der Waals surface area contributed by atoms with Crippen molar-refractivity contribution < 1.29 is 5.11 Å². The maximum absolute atomic E-state index is 8.62. The summed E-state index contributed by atoms with van der Waals surface area (Å²) in [6.07, 6.45) is 4.75.